The van der Waals surface area contributed by atoms with Crippen LogP contribution in [-0.4, -0.2) is 18.3 Å². The summed E-state index contributed by atoms with van der Waals surface area (Å²) in [4.78, 5) is 0. The topological polar surface area (TPSA) is 44.5 Å². The average Bonchev–Trinajstić information content (AvgIpc) is 2.50. The highest BCUT2D eigenvalue weighted by molar-refractivity contribution is 6.62. The first-order valence-electron chi connectivity index (χ1n) is 5.85. The molecule has 2 rings (SSSR count). The summed E-state index contributed by atoms with van der Waals surface area (Å²) in [6.45, 7) is 7.04. The minimum Gasteiger partial charge on any atom is -0.399 e. The Balaban J connectivity index is 2.46. The third-order valence-electron chi connectivity index (χ3n) is 3.73. The second-order valence-corrected chi connectivity index (χ2v) is 5.58. The molecular formula is C12H15BF3NO2. The van der Waals surface area contributed by atoms with Crippen molar-refractivity contribution in [2.45, 2.75) is 38.9 Å². The van der Waals surface area contributed by atoms with Crippen molar-refractivity contribution < 1.29 is 22.5 Å². The fraction of sp³-hybridized carbons (Fsp3) is 0.500. The lowest BCUT2D eigenvalue weighted by Crippen LogP contribution is -2.41. The molecule has 1 saturated heterocycles. The van der Waals surface area contributed by atoms with Crippen LogP contribution in [0, 0.1) is 17.5 Å². The maximum atomic E-state index is 13.8. The second kappa shape index (κ2) is 4.14. The Morgan fingerprint density at radius 1 is 1.00 bits per heavy atom. The van der Waals surface area contributed by atoms with Gasteiger partial charge in [-0.25, -0.2) is 13.2 Å². The molecule has 0 spiro atoms. The van der Waals surface area contributed by atoms with Crippen molar-refractivity contribution in [1.82, 2.24) is 0 Å². The third-order valence-corrected chi connectivity index (χ3v) is 3.73. The third kappa shape index (κ3) is 2.10. The van der Waals surface area contributed by atoms with Crippen LogP contribution < -0.4 is 11.2 Å². The minimum atomic E-state index is -1.43. The number of benzene rings is 1. The van der Waals surface area contributed by atoms with Crippen LogP contribution in [0.4, 0.5) is 18.9 Å². The van der Waals surface area contributed by atoms with Gasteiger partial charge in [-0.1, -0.05) is 0 Å². The van der Waals surface area contributed by atoms with Gasteiger partial charge in [0.2, 0.25) is 0 Å². The SMILES string of the molecule is CC1(C)OB(c2cc(F)c(N)c(F)c2F)OC1(C)C. The summed E-state index contributed by atoms with van der Waals surface area (Å²) in [5.41, 5.74) is 2.46. The molecular weight excluding hydrogens is 258 g/mol. The molecule has 0 unspecified atom stereocenters. The lowest BCUT2D eigenvalue weighted by Gasteiger charge is -2.32. The van der Waals surface area contributed by atoms with Crippen LogP contribution >= 0.6 is 0 Å². The molecule has 1 aromatic carbocycles. The summed E-state index contributed by atoms with van der Waals surface area (Å²) in [6, 6.07) is 0.801. The van der Waals surface area contributed by atoms with Crippen molar-refractivity contribution in [3.63, 3.8) is 0 Å². The molecule has 0 aromatic heterocycles. The molecule has 1 aliphatic heterocycles. The molecule has 3 nitrogen and oxygen atoms in total. The predicted octanol–water partition coefficient (Wildman–Crippen LogP) is 1.99. The van der Waals surface area contributed by atoms with Crippen LogP contribution in [0.1, 0.15) is 27.7 Å². The van der Waals surface area contributed by atoms with Crippen LogP contribution in [0.15, 0.2) is 6.07 Å². The van der Waals surface area contributed by atoms with E-state index in [1.807, 2.05) is 0 Å². The van der Waals surface area contributed by atoms with Gasteiger partial charge < -0.3 is 15.0 Å². The van der Waals surface area contributed by atoms with Crippen LogP contribution in [0.3, 0.4) is 0 Å². The summed E-state index contributed by atoms with van der Waals surface area (Å²) in [5, 5.41) is 0. The van der Waals surface area contributed by atoms with Crippen molar-refractivity contribution in [3.05, 3.63) is 23.5 Å². The summed E-state index contributed by atoms with van der Waals surface area (Å²) in [6.07, 6.45) is 0. The van der Waals surface area contributed by atoms with Crippen LogP contribution in [-0.2, 0) is 9.31 Å². The van der Waals surface area contributed by atoms with E-state index in [0.29, 0.717) is 0 Å². The van der Waals surface area contributed by atoms with Gasteiger partial charge >= 0.3 is 7.12 Å². The van der Waals surface area contributed by atoms with Crippen molar-refractivity contribution in [2.24, 2.45) is 0 Å². The maximum Gasteiger partial charge on any atom is 0.498 e. The van der Waals surface area contributed by atoms with E-state index in [9.17, 15) is 13.2 Å². The first kappa shape index (κ1) is 14.2. The Labute approximate surface area is 110 Å². The number of nitrogen functional groups attached to an aromatic ring is 1. The monoisotopic (exact) mass is 273 g/mol. The largest absolute Gasteiger partial charge is 0.498 e. The molecule has 0 atom stereocenters. The molecule has 1 heterocycles. The van der Waals surface area contributed by atoms with E-state index in [0.717, 1.165) is 6.07 Å². The number of hydrogen-bond donors (Lipinski definition) is 1. The van der Waals surface area contributed by atoms with Crippen LogP contribution in [0.25, 0.3) is 0 Å². The van der Waals surface area contributed by atoms with Gasteiger partial charge in [-0.05, 0) is 33.8 Å². The Hall–Kier alpha value is -1.21. The van der Waals surface area contributed by atoms with Crippen molar-refractivity contribution in [2.75, 3.05) is 5.73 Å². The van der Waals surface area contributed by atoms with Crippen LogP contribution in [0.5, 0.6) is 0 Å². The summed E-state index contributed by atoms with van der Waals surface area (Å²) in [5.74, 6) is -3.72. The molecule has 0 radical (unpaired) electrons. The molecule has 104 valence electrons. The van der Waals surface area contributed by atoms with Gasteiger partial charge in [-0.3, -0.25) is 0 Å². The van der Waals surface area contributed by atoms with E-state index < -0.39 is 41.5 Å². The van der Waals surface area contributed by atoms with Crippen molar-refractivity contribution >= 4 is 18.3 Å². The fourth-order valence-electron chi connectivity index (χ4n) is 1.77. The molecule has 2 N–H and O–H groups in total. The molecule has 7 heteroatoms. The number of anilines is 1. The first-order valence-corrected chi connectivity index (χ1v) is 5.85. The lowest BCUT2D eigenvalue weighted by molar-refractivity contribution is 0.00578. The van der Waals surface area contributed by atoms with Gasteiger partial charge in [0.05, 0.1) is 11.2 Å². The number of rotatable bonds is 1. The Bertz CT molecular complexity index is 518. The second-order valence-electron chi connectivity index (χ2n) is 5.58. The fourth-order valence-corrected chi connectivity index (χ4v) is 1.77. The lowest BCUT2D eigenvalue weighted by atomic mass is 9.78. The highest BCUT2D eigenvalue weighted by atomic mass is 19.2. The van der Waals surface area contributed by atoms with Crippen LogP contribution in [0.2, 0.25) is 0 Å². The van der Waals surface area contributed by atoms with Gasteiger partial charge in [0.1, 0.15) is 11.5 Å². The molecule has 0 bridgehead atoms. The highest BCUT2D eigenvalue weighted by Gasteiger charge is 2.52. The number of nitrogens with two attached hydrogens (primary N) is 1. The molecule has 0 amide bonds. The smallest absolute Gasteiger partial charge is 0.399 e. The van der Waals surface area contributed by atoms with E-state index in [2.05, 4.69) is 0 Å². The molecule has 1 aliphatic rings. The molecule has 1 fully saturated rings. The highest BCUT2D eigenvalue weighted by Crippen LogP contribution is 2.37. The summed E-state index contributed by atoms with van der Waals surface area (Å²) in [7, 11) is -1.17. The standard InChI is InChI=1S/C12H15BF3NO2/c1-11(2)12(3,4)19-13(18-11)6-5-7(14)10(17)9(16)8(6)15/h5H,17H2,1-4H3. The van der Waals surface area contributed by atoms with E-state index >= 15 is 0 Å². The quantitative estimate of drug-likeness (QED) is 0.483. The van der Waals surface area contributed by atoms with Gasteiger partial charge in [0.15, 0.2) is 11.6 Å². The zero-order chi connectivity index (χ0) is 14.6. The first-order chi connectivity index (χ1) is 8.57. The summed E-state index contributed by atoms with van der Waals surface area (Å²) >= 11 is 0. The maximum absolute atomic E-state index is 13.8. The minimum absolute atomic E-state index is 0.331. The van der Waals surface area contributed by atoms with Gasteiger partial charge in [-0.15, -0.1) is 0 Å². The Morgan fingerprint density at radius 2 is 1.47 bits per heavy atom. The Kier molecular flexibility index (Phi) is 3.10. The van der Waals surface area contributed by atoms with E-state index in [1.54, 1.807) is 27.7 Å². The molecule has 0 aliphatic carbocycles. The van der Waals surface area contributed by atoms with Crippen molar-refractivity contribution in [1.29, 1.82) is 0 Å². The molecule has 0 saturated carbocycles. The zero-order valence-corrected chi connectivity index (χ0v) is 11.2. The van der Waals surface area contributed by atoms with E-state index in [-0.39, 0.29) is 5.46 Å². The normalized spacial score (nSPS) is 20.9. The predicted molar refractivity (Wildman–Crippen MR) is 66.4 cm³/mol. The zero-order valence-electron chi connectivity index (χ0n) is 11.2. The molecule has 19 heavy (non-hydrogen) atoms. The van der Waals surface area contributed by atoms with Gasteiger partial charge in [-0.2, -0.15) is 0 Å². The van der Waals surface area contributed by atoms with Gasteiger partial charge in [0.25, 0.3) is 0 Å². The average molecular weight is 273 g/mol. The van der Waals surface area contributed by atoms with E-state index in [1.165, 1.54) is 0 Å². The number of hydrogen-bond acceptors (Lipinski definition) is 3. The summed E-state index contributed by atoms with van der Waals surface area (Å²) < 4.78 is 51.8. The number of halogens is 3. The molecule has 1 aromatic rings. The van der Waals surface area contributed by atoms with Gasteiger partial charge in [0, 0.05) is 5.46 Å². The van der Waals surface area contributed by atoms with E-state index in [4.69, 9.17) is 15.0 Å². The Morgan fingerprint density at radius 3 is 1.95 bits per heavy atom. The van der Waals surface area contributed by atoms with Crippen molar-refractivity contribution in [3.8, 4) is 0 Å².